The van der Waals surface area contributed by atoms with Crippen LogP contribution in [0.5, 0.6) is 0 Å². The van der Waals surface area contributed by atoms with Gasteiger partial charge in [0.05, 0.1) is 6.10 Å². The number of carbonyl (C=O) groups is 2. The van der Waals surface area contributed by atoms with Crippen LogP contribution in [0.1, 0.15) is 47.0 Å². The third-order valence-corrected chi connectivity index (χ3v) is 4.86. The van der Waals surface area contributed by atoms with Crippen molar-refractivity contribution in [3.8, 4) is 0 Å². The predicted molar refractivity (Wildman–Crippen MR) is 89.0 cm³/mol. The van der Waals surface area contributed by atoms with Gasteiger partial charge in [-0.25, -0.2) is 4.79 Å². The molecule has 0 aromatic rings. The molecule has 2 fully saturated rings. The quantitative estimate of drug-likeness (QED) is 0.738. The Kier molecular flexibility index (Phi) is 5.89. The number of hydrogen-bond donors (Lipinski definition) is 3. The van der Waals surface area contributed by atoms with Gasteiger partial charge in [-0.2, -0.15) is 0 Å². The van der Waals surface area contributed by atoms with Gasteiger partial charge in [0.1, 0.15) is 6.04 Å². The van der Waals surface area contributed by atoms with Crippen LogP contribution in [0, 0.1) is 17.3 Å². The normalized spacial score (nSPS) is 32.1. The van der Waals surface area contributed by atoms with Crippen molar-refractivity contribution in [3.05, 3.63) is 0 Å². The van der Waals surface area contributed by atoms with Crippen LogP contribution in [-0.2, 0) is 9.53 Å². The van der Waals surface area contributed by atoms with E-state index in [1.807, 2.05) is 6.92 Å². The Morgan fingerprint density at radius 3 is 2.74 bits per heavy atom. The molecule has 2 rings (SSSR count). The fourth-order valence-corrected chi connectivity index (χ4v) is 3.59. The van der Waals surface area contributed by atoms with Crippen LogP contribution in [0.3, 0.4) is 0 Å². The fourth-order valence-electron chi connectivity index (χ4n) is 3.59. The molecule has 0 aromatic heterocycles. The maximum Gasteiger partial charge on any atom is 0.315 e. The minimum Gasteiger partial charge on any atom is -0.377 e. The molecule has 6 nitrogen and oxygen atoms in total. The molecule has 0 radical (unpaired) electrons. The van der Waals surface area contributed by atoms with E-state index in [2.05, 4.69) is 36.7 Å². The largest absolute Gasteiger partial charge is 0.377 e. The summed E-state index contributed by atoms with van der Waals surface area (Å²) >= 11 is 0. The summed E-state index contributed by atoms with van der Waals surface area (Å²) in [5.74, 6) is 0.384. The second kappa shape index (κ2) is 7.51. The molecule has 0 unspecified atom stereocenters. The highest BCUT2D eigenvalue weighted by molar-refractivity contribution is 5.87. The molecule has 2 aliphatic heterocycles. The average molecular weight is 325 g/mol. The van der Waals surface area contributed by atoms with Crippen molar-refractivity contribution in [2.45, 2.75) is 59.1 Å². The van der Waals surface area contributed by atoms with Crippen LogP contribution < -0.4 is 16.0 Å². The van der Waals surface area contributed by atoms with E-state index in [0.29, 0.717) is 19.0 Å². The number of hydrogen-bond acceptors (Lipinski definition) is 3. The Bertz CT molecular complexity index is 433. The topological polar surface area (TPSA) is 79.5 Å². The van der Waals surface area contributed by atoms with E-state index < -0.39 is 6.04 Å². The number of ether oxygens (including phenoxy) is 1. The molecule has 6 heteroatoms. The molecule has 2 heterocycles. The summed E-state index contributed by atoms with van der Waals surface area (Å²) in [7, 11) is 0. The van der Waals surface area contributed by atoms with Gasteiger partial charge in [0.2, 0.25) is 5.91 Å². The summed E-state index contributed by atoms with van der Waals surface area (Å²) in [4.78, 5) is 24.0. The van der Waals surface area contributed by atoms with Crippen molar-refractivity contribution in [1.82, 2.24) is 16.0 Å². The van der Waals surface area contributed by atoms with Crippen molar-refractivity contribution in [3.63, 3.8) is 0 Å². The minimum absolute atomic E-state index is 0.0566. The zero-order chi connectivity index (χ0) is 17.0. The lowest BCUT2D eigenvalue weighted by atomic mass is 9.78. The summed E-state index contributed by atoms with van der Waals surface area (Å²) in [5.41, 5.74) is 0.0566. The van der Waals surface area contributed by atoms with Gasteiger partial charge < -0.3 is 20.7 Å². The average Bonchev–Trinajstić information content (AvgIpc) is 2.48. The Morgan fingerprint density at radius 1 is 1.35 bits per heavy atom. The van der Waals surface area contributed by atoms with Gasteiger partial charge in [0.25, 0.3) is 0 Å². The number of rotatable bonds is 3. The first-order chi connectivity index (χ1) is 10.8. The predicted octanol–water partition coefficient (Wildman–Crippen LogP) is 1.65. The van der Waals surface area contributed by atoms with E-state index in [1.165, 1.54) is 0 Å². The molecule has 2 saturated heterocycles. The zero-order valence-corrected chi connectivity index (χ0v) is 14.8. The first-order valence-electron chi connectivity index (χ1n) is 8.72. The van der Waals surface area contributed by atoms with E-state index in [1.54, 1.807) is 0 Å². The monoisotopic (exact) mass is 325 g/mol. The van der Waals surface area contributed by atoms with Gasteiger partial charge in [-0.3, -0.25) is 4.79 Å². The third-order valence-electron chi connectivity index (χ3n) is 4.86. The molecule has 0 bridgehead atoms. The summed E-state index contributed by atoms with van der Waals surface area (Å²) in [6.45, 7) is 10.6. The third kappa shape index (κ3) is 4.83. The second-order valence-electron chi connectivity index (χ2n) is 7.95. The molecule has 0 spiro atoms. The summed E-state index contributed by atoms with van der Waals surface area (Å²) in [6, 6.07) is -0.707. The molecule has 2 aliphatic rings. The fraction of sp³-hybridized carbons (Fsp3) is 0.882. The van der Waals surface area contributed by atoms with Gasteiger partial charge >= 0.3 is 6.03 Å². The van der Waals surface area contributed by atoms with E-state index in [-0.39, 0.29) is 29.4 Å². The SMILES string of the molecule is C[C@@H]1CCNC(=O)[C@@H]1NC(=O)NC[C@@H]1CCCO[C@H]1C(C)(C)C. The first-order valence-corrected chi connectivity index (χ1v) is 8.72. The Labute approximate surface area is 139 Å². The van der Waals surface area contributed by atoms with E-state index in [0.717, 1.165) is 25.9 Å². The number of carbonyl (C=O) groups excluding carboxylic acids is 2. The maximum atomic E-state index is 12.2. The van der Waals surface area contributed by atoms with Crippen LogP contribution in [0.25, 0.3) is 0 Å². The molecular weight excluding hydrogens is 294 g/mol. The molecule has 23 heavy (non-hydrogen) atoms. The van der Waals surface area contributed by atoms with Crippen molar-refractivity contribution in [2.24, 2.45) is 17.3 Å². The molecule has 3 N–H and O–H groups in total. The van der Waals surface area contributed by atoms with Crippen LogP contribution in [0.2, 0.25) is 0 Å². The van der Waals surface area contributed by atoms with E-state index in [4.69, 9.17) is 4.74 Å². The Balaban J connectivity index is 1.84. The van der Waals surface area contributed by atoms with Gasteiger partial charge in [0, 0.05) is 25.6 Å². The van der Waals surface area contributed by atoms with Crippen molar-refractivity contribution in [1.29, 1.82) is 0 Å². The van der Waals surface area contributed by atoms with Crippen molar-refractivity contribution in [2.75, 3.05) is 19.7 Å². The standard InChI is InChI=1S/C17H31N3O3/c1-11-7-8-18-15(21)13(11)20-16(22)19-10-12-6-5-9-23-14(12)17(2,3)4/h11-14H,5-10H2,1-4H3,(H,18,21)(H2,19,20,22)/t11-,12+,13-,14-/m1/s1. The maximum absolute atomic E-state index is 12.2. The highest BCUT2D eigenvalue weighted by Gasteiger charge is 2.36. The first kappa shape index (κ1) is 18.0. The molecule has 0 aliphatic carbocycles. The molecule has 4 atom stereocenters. The number of piperidine rings is 1. The Hall–Kier alpha value is -1.30. The van der Waals surface area contributed by atoms with Crippen molar-refractivity contribution < 1.29 is 14.3 Å². The number of nitrogens with one attached hydrogen (secondary N) is 3. The van der Waals surface area contributed by atoms with E-state index >= 15 is 0 Å². The summed E-state index contributed by atoms with van der Waals surface area (Å²) in [5, 5.41) is 8.54. The van der Waals surface area contributed by atoms with Crippen LogP contribution in [-0.4, -0.2) is 43.8 Å². The Morgan fingerprint density at radius 2 is 2.09 bits per heavy atom. The summed E-state index contributed by atoms with van der Waals surface area (Å²) < 4.78 is 5.94. The highest BCUT2D eigenvalue weighted by Crippen LogP contribution is 2.33. The number of amides is 3. The lowest BCUT2D eigenvalue weighted by Crippen LogP contribution is -2.57. The van der Waals surface area contributed by atoms with Gasteiger partial charge in [-0.1, -0.05) is 27.7 Å². The number of urea groups is 1. The van der Waals surface area contributed by atoms with Gasteiger partial charge in [0.15, 0.2) is 0 Å². The molecule has 3 amide bonds. The molecule has 0 aromatic carbocycles. The van der Waals surface area contributed by atoms with Crippen molar-refractivity contribution >= 4 is 11.9 Å². The highest BCUT2D eigenvalue weighted by atomic mass is 16.5. The zero-order valence-electron chi connectivity index (χ0n) is 14.8. The van der Waals surface area contributed by atoms with Crippen LogP contribution >= 0.6 is 0 Å². The van der Waals surface area contributed by atoms with Gasteiger partial charge in [-0.15, -0.1) is 0 Å². The lowest BCUT2D eigenvalue weighted by molar-refractivity contribution is -0.125. The molecule has 132 valence electrons. The summed E-state index contributed by atoms with van der Waals surface area (Å²) in [6.07, 6.45) is 3.12. The van der Waals surface area contributed by atoms with Crippen LogP contribution in [0.15, 0.2) is 0 Å². The molecular formula is C17H31N3O3. The lowest BCUT2D eigenvalue weighted by Gasteiger charge is -2.40. The molecule has 0 saturated carbocycles. The minimum atomic E-state index is -0.440. The second-order valence-corrected chi connectivity index (χ2v) is 7.95. The van der Waals surface area contributed by atoms with E-state index in [9.17, 15) is 9.59 Å². The van der Waals surface area contributed by atoms with Gasteiger partial charge in [-0.05, 0) is 30.6 Å². The van der Waals surface area contributed by atoms with Crippen LogP contribution in [0.4, 0.5) is 4.79 Å². The smallest absolute Gasteiger partial charge is 0.315 e.